The molecule has 0 aliphatic carbocycles. The van der Waals surface area contributed by atoms with Gasteiger partial charge in [0, 0.05) is 11.1 Å². The molecule has 94 valence electrons. The molecule has 0 saturated carbocycles. The minimum Gasteiger partial charge on any atom is -0.398 e. The summed E-state index contributed by atoms with van der Waals surface area (Å²) in [5.41, 5.74) is 8.92. The predicted octanol–water partition coefficient (Wildman–Crippen LogP) is 1.92. The van der Waals surface area contributed by atoms with Gasteiger partial charge in [-0.15, -0.1) is 10.2 Å². The summed E-state index contributed by atoms with van der Waals surface area (Å²) in [5, 5.41) is 11.3. The second-order valence-electron chi connectivity index (χ2n) is 3.81. The fraction of sp³-hybridized carbons (Fsp3) is 0. The number of aromatic nitrogens is 3. The Hall–Kier alpha value is -2.54. The maximum Gasteiger partial charge on any atom is 0.276 e. The van der Waals surface area contributed by atoms with Crippen LogP contribution in [0.2, 0.25) is 0 Å². The van der Waals surface area contributed by atoms with Crippen molar-refractivity contribution in [3.63, 3.8) is 0 Å². The standard InChI is InChI=1S/C12H9N5OS/c13-8-5-10(11(18)16-12-17-14-6-19-12)15-9-4-2-1-3-7(8)9/h1-6H,(H2,13,15)(H,16,17,18). The van der Waals surface area contributed by atoms with E-state index >= 15 is 0 Å². The van der Waals surface area contributed by atoms with Crippen molar-refractivity contribution in [2.24, 2.45) is 0 Å². The van der Waals surface area contributed by atoms with Crippen LogP contribution in [0, 0.1) is 0 Å². The molecule has 6 nitrogen and oxygen atoms in total. The zero-order valence-electron chi connectivity index (χ0n) is 9.70. The number of rotatable bonds is 2. The second kappa shape index (κ2) is 4.62. The van der Waals surface area contributed by atoms with Crippen molar-refractivity contribution < 1.29 is 4.79 Å². The van der Waals surface area contributed by atoms with Crippen LogP contribution in [0.1, 0.15) is 10.5 Å². The molecular weight excluding hydrogens is 262 g/mol. The molecule has 0 aliphatic heterocycles. The van der Waals surface area contributed by atoms with Crippen LogP contribution < -0.4 is 11.1 Å². The number of anilines is 2. The molecule has 1 aromatic carbocycles. The van der Waals surface area contributed by atoms with E-state index in [1.54, 1.807) is 6.07 Å². The topological polar surface area (TPSA) is 93.8 Å². The number of hydrogen-bond acceptors (Lipinski definition) is 6. The van der Waals surface area contributed by atoms with Gasteiger partial charge in [-0.05, 0) is 12.1 Å². The summed E-state index contributed by atoms with van der Waals surface area (Å²) >= 11 is 1.24. The largest absolute Gasteiger partial charge is 0.398 e. The summed E-state index contributed by atoms with van der Waals surface area (Å²) in [6, 6.07) is 8.96. The molecule has 0 bridgehead atoms. The summed E-state index contributed by atoms with van der Waals surface area (Å²) in [4.78, 5) is 16.3. The number of para-hydroxylation sites is 1. The van der Waals surface area contributed by atoms with E-state index in [2.05, 4.69) is 20.5 Å². The van der Waals surface area contributed by atoms with E-state index < -0.39 is 0 Å². The Labute approximate surface area is 112 Å². The lowest BCUT2D eigenvalue weighted by Crippen LogP contribution is -2.14. The Bertz CT molecular complexity index is 741. The van der Waals surface area contributed by atoms with Crippen LogP contribution in [-0.4, -0.2) is 21.1 Å². The monoisotopic (exact) mass is 271 g/mol. The fourth-order valence-corrected chi connectivity index (χ4v) is 2.15. The fourth-order valence-electron chi connectivity index (χ4n) is 1.71. The number of carbonyl (C=O) groups excluding carboxylic acids is 1. The Balaban J connectivity index is 1.98. The van der Waals surface area contributed by atoms with E-state index in [4.69, 9.17) is 5.73 Å². The van der Waals surface area contributed by atoms with Crippen molar-refractivity contribution in [3.05, 3.63) is 41.5 Å². The maximum atomic E-state index is 12.0. The molecule has 3 aromatic rings. The SMILES string of the molecule is Nc1cc(C(=O)Nc2nncs2)nc2ccccc12. The number of fused-ring (bicyclic) bond motifs is 1. The number of amides is 1. The number of hydrogen-bond donors (Lipinski definition) is 2. The molecule has 0 unspecified atom stereocenters. The minimum absolute atomic E-state index is 0.256. The molecular formula is C12H9N5OS. The van der Waals surface area contributed by atoms with E-state index in [-0.39, 0.29) is 11.6 Å². The lowest BCUT2D eigenvalue weighted by Gasteiger charge is -2.05. The van der Waals surface area contributed by atoms with E-state index in [0.717, 1.165) is 5.39 Å². The lowest BCUT2D eigenvalue weighted by atomic mass is 10.1. The Morgan fingerprint density at radius 2 is 2.16 bits per heavy atom. The smallest absolute Gasteiger partial charge is 0.276 e. The number of pyridine rings is 1. The summed E-state index contributed by atoms with van der Waals surface area (Å²) in [5.74, 6) is -0.353. The molecule has 0 saturated heterocycles. The Kier molecular flexibility index (Phi) is 2.81. The summed E-state index contributed by atoms with van der Waals surface area (Å²) in [6.07, 6.45) is 0. The molecule has 0 fully saturated rings. The van der Waals surface area contributed by atoms with Crippen molar-refractivity contribution >= 4 is 39.0 Å². The number of benzene rings is 1. The molecule has 2 heterocycles. The molecule has 0 aliphatic rings. The zero-order chi connectivity index (χ0) is 13.2. The van der Waals surface area contributed by atoms with Crippen molar-refractivity contribution in [3.8, 4) is 0 Å². The highest BCUT2D eigenvalue weighted by molar-refractivity contribution is 7.13. The van der Waals surface area contributed by atoms with Crippen molar-refractivity contribution in [1.82, 2.24) is 15.2 Å². The second-order valence-corrected chi connectivity index (χ2v) is 4.65. The van der Waals surface area contributed by atoms with Crippen LogP contribution in [0.25, 0.3) is 10.9 Å². The first-order chi connectivity index (χ1) is 9.24. The zero-order valence-corrected chi connectivity index (χ0v) is 10.5. The molecule has 2 aromatic heterocycles. The van der Waals surface area contributed by atoms with Gasteiger partial charge >= 0.3 is 0 Å². The van der Waals surface area contributed by atoms with E-state index in [1.165, 1.54) is 16.8 Å². The predicted molar refractivity (Wildman–Crippen MR) is 74.0 cm³/mol. The van der Waals surface area contributed by atoms with Crippen molar-refractivity contribution in [2.75, 3.05) is 11.1 Å². The third-order valence-corrected chi connectivity index (χ3v) is 3.17. The van der Waals surface area contributed by atoms with Gasteiger partial charge in [-0.2, -0.15) is 0 Å². The molecule has 3 rings (SSSR count). The normalized spacial score (nSPS) is 10.5. The van der Waals surface area contributed by atoms with Gasteiger partial charge in [-0.3, -0.25) is 10.1 Å². The molecule has 0 atom stereocenters. The first kappa shape index (κ1) is 11.5. The van der Waals surface area contributed by atoms with Gasteiger partial charge in [0.2, 0.25) is 5.13 Å². The van der Waals surface area contributed by atoms with E-state index in [0.29, 0.717) is 16.3 Å². The first-order valence-corrected chi connectivity index (χ1v) is 6.35. The number of nitrogen functional groups attached to an aromatic ring is 1. The number of carbonyl (C=O) groups is 1. The summed E-state index contributed by atoms with van der Waals surface area (Å²) < 4.78 is 0. The lowest BCUT2D eigenvalue weighted by molar-refractivity contribution is 0.102. The van der Waals surface area contributed by atoms with Gasteiger partial charge in [0.05, 0.1) is 5.52 Å². The summed E-state index contributed by atoms with van der Waals surface area (Å²) in [7, 11) is 0. The highest BCUT2D eigenvalue weighted by Crippen LogP contribution is 2.20. The van der Waals surface area contributed by atoms with E-state index in [9.17, 15) is 4.79 Å². The third-order valence-electron chi connectivity index (χ3n) is 2.56. The van der Waals surface area contributed by atoms with Gasteiger partial charge in [-0.25, -0.2) is 4.98 Å². The van der Waals surface area contributed by atoms with Crippen molar-refractivity contribution in [1.29, 1.82) is 0 Å². The van der Waals surface area contributed by atoms with Gasteiger partial charge in [0.25, 0.3) is 5.91 Å². The highest BCUT2D eigenvalue weighted by atomic mass is 32.1. The van der Waals surface area contributed by atoms with Crippen LogP contribution >= 0.6 is 11.3 Å². The molecule has 3 N–H and O–H groups in total. The molecule has 19 heavy (non-hydrogen) atoms. The molecule has 1 amide bonds. The third kappa shape index (κ3) is 2.23. The molecule has 0 spiro atoms. The minimum atomic E-state index is -0.353. The maximum absolute atomic E-state index is 12.0. The van der Waals surface area contributed by atoms with Crippen LogP contribution in [0.15, 0.2) is 35.8 Å². The molecule has 0 radical (unpaired) electrons. The van der Waals surface area contributed by atoms with Crippen LogP contribution in [-0.2, 0) is 0 Å². The number of nitrogens with one attached hydrogen (secondary N) is 1. The Morgan fingerprint density at radius 3 is 2.95 bits per heavy atom. The van der Waals surface area contributed by atoms with Crippen LogP contribution in [0.5, 0.6) is 0 Å². The van der Waals surface area contributed by atoms with Gasteiger partial charge in [0.15, 0.2) is 0 Å². The average molecular weight is 271 g/mol. The van der Waals surface area contributed by atoms with Crippen molar-refractivity contribution in [2.45, 2.75) is 0 Å². The number of nitrogens with two attached hydrogens (primary N) is 1. The summed E-state index contributed by atoms with van der Waals surface area (Å²) in [6.45, 7) is 0. The quantitative estimate of drug-likeness (QED) is 0.742. The molecule has 7 heteroatoms. The Morgan fingerprint density at radius 1 is 1.32 bits per heavy atom. The van der Waals surface area contributed by atoms with Crippen LogP contribution in [0.3, 0.4) is 0 Å². The average Bonchev–Trinajstić information content (AvgIpc) is 2.91. The first-order valence-electron chi connectivity index (χ1n) is 5.47. The van der Waals surface area contributed by atoms with Gasteiger partial charge < -0.3 is 5.73 Å². The van der Waals surface area contributed by atoms with Crippen LogP contribution in [0.4, 0.5) is 10.8 Å². The number of nitrogens with zero attached hydrogens (tertiary/aromatic N) is 3. The van der Waals surface area contributed by atoms with E-state index in [1.807, 2.05) is 24.3 Å². The highest BCUT2D eigenvalue weighted by Gasteiger charge is 2.12. The van der Waals surface area contributed by atoms with Gasteiger partial charge in [-0.1, -0.05) is 29.5 Å². The van der Waals surface area contributed by atoms with Gasteiger partial charge in [0.1, 0.15) is 11.2 Å².